The molecule has 2 heterocycles. The lowest BCUT2D eigenvalue weighted by molar-refractivity contribution is 0.0956. The summed E-state index contributed by atoms with van der Waals surface area (Å²) >= 11 is 0. The molecule has 1 aromatic heterocycles. The Morgan fingerprint density at radius 1 is 1.45 bits per heavy atom. The molecule has 0 saturated carbocycles. The first kappa shape index (κ1) is 14.0. The quantitative estimate of drug-likeness (QED) is 0.819. The second-order valence-electron chi connectivity index (χ2n) is 4.92. The van der Waals surface area contributed by atoms with Crippen LogP contribution in [0.4, 0.5) is 5.69 Å². The van der Waals surface area contributed by atoms with Crippen molar-refractivity contribution in [3.63, 3.8) is 0 Å². The van der Waals surface area contributed by atoms with Crippen molar-refractivity contribution in [3.8, 4) is 0 Å². The summed E-state index contributed by atoms with van der Waals surface area (Å²) in [6.07, 6.45) is 1.26. The Labute approximate surface area is 126 Å². The normalized spacial score (nSPS) is 13.7. The van der Waals surface area contributed by atoms with E-state index in [4.69, 9.17) is 0 Å². The van der Waals surface area contributed by atoms with E-state index in [-0.39, 0.29) is 17.5 Å². The Morgan fingerprint density at radius 2 is 2.27 bits per heavy atom. The third kappa shape index (κ3) is 2.16. The van der Waals surface area contributed by atoms with Gasteiger partial charge in [-0.05, 0) is 18.6 Å². The van der Waals surface area contributed by atoms with Gasteiger partial charge in [0.2, 0.25) is 0 Å². The van der Waals surface area contributed by atoms with Gasteiger partial charge in [-0.2, -0.15) is 5.10 Å². The van der Waals surface area contributed by atoms with Crippen LogP contribution < -0.4 is 10.2 Å². The number of rotatable bonds is 3. The summed E-state index contributed by atoms with van der Waals surface area (Å²) in [5.74, 6) is -0.575. The molecule has 1 aliphatic heterocycles. The number of H-pyrrole nitrogens is 1. The van der Waals surface area contributed by atoms with E-state index >= 15 is 0 Å². The number of nitrogens with one attached hydrogen (secondary N) is 2. The van der Waals surface area contributed by atoms with Crippen LogP contribution in [0.5, 0.6) is 0 Å². The second-order valence-corrected chi connectivity index (χ2v) is 4.92. The molecule has 0 bridgehead atoms. The van der Waals surface area contributed by atoms with Crippen LogP contribution in [0.15, 0.2) is 24.3 Å². The molecule has 0 saturated heterocycles. The number of hydrogen-bond acceptors (Lipinski definition) is 4. The van der Waals surface area contributed by atoms with E-state index in [1.165, 1.54) is 7.05 Å². The van der Waals surface area contributed by atoms with E-state index in [0.29, 0.717) is 35.5 Å². The molecule has 3 rings (SSSR count). The van der Waals surface area contributed by atoms with Crippen LogP contribution in [0, 0.1) is 0 Å². The van der Waals surface area contributed by atoms with E-state index < -0.39 is 0 Å². The summed E-state index contributed by atoms with van der Waals surface area (Å²) in [5.41, 5.74) is 2.36. The first-order valence-electron chi connectivity index (χ1n) is 6.82. The highest BCUT2D eigenvalue weighted by Gasteiger charge is 2.31. The fourth-order valence-electron chi connectivity index (χ4n) is 2.56. The summed E-state index contributed by atoms with van der Waals surface area (Å²) in [4.78, 5) is 36.7. The molecule has 0 atom stereocenters. The molecule has 2 N–H and O–H groups in total. The molecule has 22 heavy (non-hydrogen) atoms. The molecule has 1 aliphatic rings. The van der Waals surface area contributed by atoms with Crippen molar-refractivity contribution >= 4 is 23.8 Å². The first-order valence-corrected chi connectivity index (χ1v) is 6.82. The number of nitrogens with zero attached hydrogens (tertiary/aromatic N) is 2. The summed E-state index contributed by atoms with van der Waals surface area (Å²) in [5, 5.41) is 9.09. The molecule has 1 aromatic carbocycles. The first-order chi connectivity index (χ1) is 10.7. The van der Waals surface area contributed by atoms with Gasteiger partial charge in [0.05, 0.1) is 0 Å². The molecule has 7 nitrogen and oxygen atoms in total. The Hall–Kier alpha value is -2.96. The van der Waals surface area contributed by atoms with E-state index in [1.807, 2.05) is 0 Å². The maximum atomic E-state index is 12.6. The van der Waals surface area contributed by atoms with Gasteiger partial charge in [-0.1, -0.05) is 12.1 Å². The van der Waals surface area contributed by atoms with Crippen molar-refractivity contribution < 1.29 is 14.4 Å². The molecule has 0 radical (unpaired) electrons. The van der Waals surface area contributed by atoms with Crippen molar-refractivity contribution in [1.82, 2.24) is 15.5 Å². The van der Waals surface area contributed by atoms with Crippen LogP contribution in [0.2, 0.25) is 0 Å². The predicted molar refractivity (Wildman–Crippen MR) is 79.2 cm³/mol. The molecular weight excluding hydrogens is 284 g/mol. The van der Waals surface area contributed by atoms with Gasteiger partial charge in [-0.15, -0.1) is 0 Å². The topological polar surface area (TPSA) is 95.2 Å². The highest BCUT2D eigenvalue weighted by Crippen LogP contribution is 2.25. The molecule has 0 unspecified atom stereocenters. The molecular formula is C15H14N4O3. The minimum Gasteiger partial charge on any atom is -0.354 e. The second kappa shape index (κ2) is 5.44. The lowest BCUT2D eigenvalue weighted by Crippen LogP contribution is -2.38. The molecule has 7 heteroatoms. The molecule has 2 amide bonds. The fourth-order valence-corrected chi connectivity index (χ4v) is 2.56. The van der Waals surface area contributed by atoms with Crippen molar-refractivity contribution in [2.45, 2.75) is 6.42 Å². The largest absolute Gasteiger partial charge is 0.354 e. The minimum absolute atomic E-state index is 0.257. The SMILES string of the molecule is CNC(=O)c1n[nH]c2c1CCN(c1cccc(C=O)c1)C2=O. The zero-order chi connectivity index (χ0) is 15.7. The summed E-state index contributed by atoms with van der Waals surface area (Å²) in [6.45, 7) is 0.428. The van der Waals surface area contributed by atoms with Crippen molar-refractivity contribution in [1.29, 1.82) is 0 Å². The number of aldehydes is 1. The van der Waals surface area contributed by atoms with Crippen LogP contribution in [0.25, 0.3) is 0 Å². The van der Waals surface area contributed by atoms with E-state index in [2.05, 4.69) is 15.5 Å². The van der Waals surface area contributed by atoms with Crippen LogP contribution in [-0.2, 0) is 6.42 Å². The monoisotopic (exact) mass is 298 g/mol. The van der Waals surface area contributed by atoms with Crippen LogP contribution >= 0.6 is 0 Å². The number of amides is 2. The predicted octanol–water partition coefficient (Wildman–Crippen LogP) is 0.785. The van der Waals surface area contributed by atoms with Gasteiger partial charge in [0.1, 0.15) is 12.0 Å². The van der Waals surface area contributed by atoms with Crippen LogP contribution in [-0.4, -0.2) is 41.9 Å². The Kier molecular flexibility index (Phi) is 3.46. The Morgan fingerprint density at radius 3 is 3.00 bits per heavy atom. The molecule has 0 aliphatic carbocycles. The van der Waals surface area contributed by atoms with Gasteiger partial charge < -0.3 is 10.2 Å². The van der Waals surface area contributed by atoms with Gasteiger partial charge in [-0.3, -0.25) is 19.5 Å². The third-order valence-electron chi connectivity index (χ3n) is 3.67. The number of anilines is 1. The van der Waals surface area contributed by atoms with Crippen molar-refractivity contribution in [2.24, 2.45) is 0 Å². The van der Waals surface area contributed by atoms with Crippen molar-refractivity contribution in [3.05, 3.63) is 46.8 Å². The summed E-state index contributed by atoms with van der Waals surface area (Å²) in [6, 6.07) is 6.83. The Bertz CT molecular complexity index is 766. The number of aromatic amines is 1. The average molecular weight is 298 g/mol. The number of carbonyl (C=O) groups is 3. The van der Waals surface area contributed by atoms with Gasteiger partial charge in [-0.25, -0.2) is 0 Å². The maximum absolute atomic E-state index is 12.6. The maximum Gasteiger partial charge on any atom is 0.276 e. The van der Waals surface area contributed by atoms with E-state index in [9.17, 15) is 14.4 Å². The third-order valence-corrected chi connectivity index (χ3v) is 3.67. The average Bonchev–Trinajstić information content (AvgIpc) is 2.99. The lowest BCUT2D eigenvalue weighted by atomic mass is 10.0. The number of aromatic nitrogens is 2. The highest BCUT2D eigenvalue weighted by atomic mass is 16.2. The Balaban J connectivity index is 1.96. The van der Waals surface area contributed by atoms with Gasteiger partial charge >= 0.3 is 0 Å². The number of carbonyl (C=O) groups excluding carboxylic acids is 3. The smallest absolute Gasteiger partial charge is 0.276 e. The van der Waals surface area contributed by atoms with Gasteiger partial charge in [0.25, 0.3) is 11.8 Å². The van der Waals surface area contributed by atoms with Crippen molar-refractivity contribution in [2.75, 3.05) is 18.5 Å². The van der Waals surface area contributed by atoms with E-state index in [0.717, 1.165) is 6.29 Å². The molecule has 2 aromatic rings. The molecule has 0 fully saturated rings. The van der Waals surface area contributed by atoms with Gasteiger partial charge in [0, 0.05) is 30.4 Å². The van der Waals surface area contributed by atoms with Crippen LogP contribution in [0.3, 0.4) is 0 Å². The number of hydrogen-bond donors (Lipinski definition) is 2. The zero-order valence-corrected chi connectivity index (χ0v) is 11.9. The lowest BCUT2D eigenvalue weighted by Gasteiger charge is -2.26. The molecule has 112 valence electrons. The van der Waals surface area contributed by atoms with Gasteiger partial charge in [0.15, 0.2) is 5.69 Å². The standard InChI is InChI=1S/C15H14N4O3/c1-16-14(21)12-11-5-6-19(15(22)13(11)18-17-12)10-4-2-3-9(7-10)8-20/h2-4,7-8H,5-6H2,1H3,(H,16,21)(H,17,18). The highest BCUT2D eigenvalue weighted by molar-refractivity contribution is 6.09. The fraction of sp³-hybridized carbons (Fsp3) is 0.200. The van der Waals surface area contributed by atoms with E-state index in [1.54, 1.807) is 29.2 Å². The summed E-state index contributed by atoms with van der Waals surface area (Å²) < 4.78 is 0. The zero-order valence-electron chi connectivity index (χ0n) is 11.9. The number of fused-ring (bicyclic) bond motifs is 1. The van der Waals surface area contributed by atoms with Crippen LogP contribution in [0.1, 0.15) is 36.9 Å². The number of benzene rings is 1. The minimum atomic E-state index is -0.318. The molecule has 0 spiro atoms. The summed E-state index contributed by atoms with van der Waals surface area (Å²) in [7, 11) is 1.52.